The Kier molecular flexibility index (Phi) is 9.22. The van der Waals surface area contributed by atoms with Gasteiger partial charge in [-0.05, 0) is 46.1 Å². The van der Waals surface area contributed by atoms with Gasteiger partial charge in [0, 0.05) is 11.5 Å². The van der Waals surface area contributed by atoms with Gasteiger partial charge in [-0.25, -0.2) is 0 Å². The van der Waals surface area contributed by atoms with Crippen LogP contribution in [0.3, 0.4) is 0 Å². The maximum absolute atomic E-state index is 12.9. The molecule has 0 bridgehead atoms. The molecule has 0 aliphatic carbocycles. The molecule has 0 aliphatic heterocycles. The number of hydrogen-bond acceptors (Lipinski definition) is 7. The first-order valence-corrected chi connectivity index (χ1v) is 10.3. The third-order valence-corrected chi connectivity index (χ3v) is 5.35. The highest BCUT2D eigenvalue weighted by molar-refractivity contribution is 7.86. The summed E-state index contributed by atoms with van der Waals surface area (Å²) < 4.78 is 51.4. The summed E-state index contributed by atoms with van der Waals surface area (Å²) in [6.07, 6.45) is 0.336. The van der Waals surface area contributed by atoms with E-state index >= 15 is 0 Å². The van der Waals surface area contributed by atoms with Crippen LogP contribution < -0.4 is 0 Å². The molecule has 0 spiro atoms. The average molecular weight is 357 g/mol. The summed E-state index contributed by atoms with van der Waals surface area (Å²) in [5, 5.41) is 3.35. The molecule has 0 rings (SSSR count). The Morgan fingerprint density at radius 2 is 1.68 bits per heavy atom. The van der Waals surface area contributed by atoms with Crippen LogP contribution in [-0.2, 0) is 27.9 Å². The Morgan fingerprint density at radius 3 is 2.05 bits per heavy atom. The normalized spacial score (nSPS) is 14.1. The van der Waals surface area contributed by atoms with Crippen LogP contribution in [0.5, 0.6) is 0 Å². The van der Waals surface area contributed by atoms with E-state index in [-0.39, 0.29) is 19.4 Å². The highest BCUT2D eigenvalue weighted by Gasteiger charge is 2.40. The van der Waals surface area contributed by atoms with Gasteiger partial charge in [-0.3, -0.25) is 8.75 Å². The van der Waals surface area contributed by atoms with Gasteiger partial charge >= 0.3 is 7.60 Å². The molecule has 11 heteroatoms. The molecule has 0 saturated heterocycles. The number of azide groups is 1. The topological polar surface area (TPSA) is 128 Å². The molecule has 1 atom stereocenters. The van der Waals surface area contributed by atoms with Gasteiger partial charge in [0.2, 0.25) is 0 Å². The van der Waals surface area contributed by atoms with Crippen LogP contribution in [0.2, 0.25) is 0 Å². The van der Waals surface area contributed by atoms with Crippen LogP contribution in [0.1, 0.15) is 40.5 Å². The van der Waals surface area contributed by atoms with Crippen LogP contribution in [-0.4, -0.2) is 39.3 Å². The van der Waals surface area contributed by atoms with Crippen molar-refractivity contribution in [3.8, 4) is 0 Å². The lowest BCUT2D eigenvalue weighted by Crippen LogP contribution is -2.24. The van der Waals surface area contributed by atoms with E-state index in [0.29, 0.717) is 0 Å². The third kappa shape index (κ3) is 9.40. The predicted molar refractivity (Wildman–Crippen MR) is 83.0 cm³/mol. The molecular weight excluding hydrogens is 333 g/mol. The lowest BCUT2D eigenvalue weighted by molar-refractivity contribution is 0.107. The van der Waals surface area contributed by atoms with Crippen LogP contribution in [0.25, 0.3) is 10.4 Å². The summed E-state index contributed by atoms with van der Waals surface area (Å²) >= 11 is 0. The minimum atomic E-state index is -3.86. The van der Waals surface area contributed by atoms with E-state index in [2.05, 4.69) is 10.0 Å². The van der Waals surface area contributed by atoms with Crippen LogP contribution in [0, 0.1) is 0 Å². The van der Waals surface area contributed by atoms with Crippen molar-refractivity contribution in [1.82, 2.24) is 0 Å². The molecular formula is C11H24N3O6PS. The number of hydrogen-bond donors (Lipinski definition) is 0. The first-order valence-electron chi connectivity index (χ1n) is 6.86. The van der Waals surface area contributed by atoms with Crippen LogP contribution in [0.15, 0.2) is 5.11 Å². The van der Waals surface area contributed by atoms with Crippen molar-refractivity contribution in [2.24, 2.45) is 5.11 Å². The first kappa shape index (κ1) is 21.4. The lowest BCUT2D eigenvalue weighted by Gasteiger charge is -2.28. The lowest BCUT2D eigenvalue weighted by atomic mass is 10.3. The van der Waals surface area contributed by atoms with E-state index in [1.54, 1.807) is 27.7 Å². The number of nitrogens with zero attached hydrogens (tertiary/aromatic N) is 3. The molecule has 0 radical (unpaired) electrons. The maximum atomic E-state index is 12.9. The zero-order chi connectivity index (χ0) is 17.4. The maximum Gasteiger partial charge on any atom is 0.361 e. The molecule has 0 aromatic rings. The fraction of sp³-hybridized carbons (Fsp3) is 1.00. The zero-order valence-electron chi connectivity index (χ0n) is 13.5. The molecule has 0 fully saturated rings. The van der Waals surface area contributed by atoms with Crippen LogP contribution in [0.4, 0.5) is 0 Å². The molecule has 0 aromatic carbocycles. The van der Waals surface area contributed by atoms with Crippen molar-refractivity contribution in [3.05, 3.63) is 10.4 Å². The van der Waals surface area contributed by atoms with Gasteiger partial charge in [-0.15, -0.1) is 0 Å². The zero-order valence-corrected chi connectivity index (χ0v) is 15.2. The van der Waals surface area contributed by atoms with E-state index in [4.69, 9.17) is 18.8 Å². The molecule has 0 amide bonds. The quantitative estimate of drug-likeness (QED) is 0.139. The standard InChI is InChI=1S/C11H24N3O6PS/c1-9(2)18-21(15,19-10(3)4)11(20-22(5,16)17)7-6-8-13-14-12/h9-11H,6-8H2,1-5H3/t11-/m0/s1. The summed E-state index contributed by atoms with van der Waals surface area (Å²) in [6, 6.07) is 0. The van der Waals surface area contributed by atoms with E-state index < -0.39 is 35.8 Å². The molecule has 0 unspecified atom stereocenters. The molecule has 0 N–H and O–H groups in total. The van der Waals surface area contributed by atoms with Gasteiger partial charge in [0.05, 0.1) is 18.5 Å². The summed E-state index contributed by atoms with van der Waals surface area (Å²) in [7, 11) is -7.68. The minimum Gasteiger partial charge on any atom is -0.304 e. The first-order chi connectivity index (χ1) is 10.00. The molecule has 0 aliphatic rings. The molecule has 0 saturated carbocycles. The molecule has 22 heavy (non-hydrogen) atoms. The van der Waals surface area contributed by atoms with Crippen molar-refractivity contribution in [2.75, 3.05) is 12.8 Å². The average Bonchev–Trinajstić information content (AvgIpc) is 2.29. The summed E-state index contributed by atoms with van der Waals surface area (Å²) in [6.45, 7) is 6.77. The minimum absolute atomic E-state index is 0.0583. The van der Waals surface area contributed by atoms with Gasteiger partial charge in [0.25, 0.3) is 10.1 Å². The van der Waals surface area contributed by atoms with E-state index in [1.807, 2.05) is 0 Å². The van der Waals surface area contributed by atoms with E-state index in [0.717, 1.165) is 6.26 Å². The second-order valence-corrected chi connectivity index (χ2v) is 8.88. The molecule has 130 valence electrons. The predicted octanol–water partition coefficient (Wildman–Crippen LogP) is 3.42. The van der Waals surface area contributed by atoms with Crippen molar-refractivity contribution >= 4 is 17.7 Å². The molecule has 0 heterocycles. The molecule has 9 nitrogen and oxygen atoms in total. The largest absolute Gasteiger partial charge is 0.361 e. The summed E-state index contributed by atoms with van der Waals surface area (Å²) in [4.78, 5) is 2.60. The van der Waals surface area contributed by atoms with Gasteiger partial charge in [0.1, 0.15) is 0 Å². The van der Waals surface area contributed by atoms with Crippen molar-refractivity contribution < 1.29 is 26.2 Å². The summed E-state index contributed by atoms with van der Waals surface area (Å²) in [5.74, 6) is -1.28. The molecule has 0 aromatic heterocycles. The highest BCUT2D eigenvalue weighted by atomic mass is 32.2. The van der Waals surface area contributed by atoms with Gasteiger partial charge in [-0.1, -0.05) is 5.11 Å². The Bertz CT molecular complexity index is 516. The fourth-order valence-electron chi connectivity index (χ4n) is 1.59. The van der Waals surface area contributed by atoms with Crippen molar-refractivity contribution in [1.29, 1.82) is 0 Å². The van der Waals surface area contributed by atoms with Crippen LogP contribution >= 0.6 is 7.60 Å². The Labute approximate surface area is 131 Å². The summed E-state index contributed by atoms with van der Waals surface area (Å²) in [5.41, 5.74) is 8.24. The van der Waals surface area contributed by atoms with Crippen molar-refractivity contribution in [2.45, 2.75) is 58.6 Å². The smallest absolute Gasteiger partial charge is 0.304 e. The Balaban J connectivity index is 5.32. The second kappa shape index (κ2) is 9.50. The Morgan fingerprint density at radius 1 is 1.18 bits per heavy atom. The monoisotopic (exact) mass is 357 g/mol. The van der Waals surface area contributed by atoms with Gasteiger partial charge in [-0.2, -0.15) is 8.42 Å². The van der Waals surface area contributed by atoms with E-state index in [9.17, 15) is 13.0 Å². The van der Waals surface area contributed by atoms with Gasteiger partial charge < -0.3 is 9.05 Å². The Hall–Kier alpha value is -0.630. The van der Waals surface area contributed by atoms with Crippen molar-refractivity contribution in [3.63, 3.8) is 0 Å². The van der Waals surface area contributed by atoms with Gasteiger partial charge in [0.15, 0.2) is 5.85 Å². The SMILES string of the molecule is CC(C)OP(=O)(OC(C)C)[C@@H](CCCN=[N+]=[N-])OS(C)(=O)=O. The number of rotatable bonds is 11. The highest BCUT2D eigenvalue weighted by Crippen LogP contribution is 2.57. The second-order valence-electron chi connectivity index (χ2n) is 5.20. The fourth-order valence-corrected chi connectivity index (χ4v) is 4.98. The van der Waals surface area contributed by atoms with E-state index in [1.165, 1.54) is 0 Å². The third-order valence-electron chi connectivity index (χ3n) is 2.13.